The summed E-state index contributed by atoms with van der Waals surface area (Å²) in [4.78, 5) is 6.78. The first kappa shape index (κ1) is 17.7. The van der Waals surface area contributed by atoms with Crippen LogP contribution in [0.15, 0.2) is 18.2 Å². The van der Waals surface area contributed by atoms with Crippen LogP contribution in [0.4, 0.5) is 5.82 Å². The number of nitrogens with zero attached hydrogens (tertiary/aromatic N) is 3. The summed E-state index contributed by atoms with van der Waals surface area (Å²) in [5.74, 6) is 0.762. The quantitative estimate of drug-likeness (QED) is 0.874. The van der Waals surface area contributed by atoms with E-state index in [0.717, 1.165) is 44.8 Å². The molecule has 1 atom stereocenters. The van der Waals surface area contributed by atoms with E-state index in [0.29, 0.717) is 5.69 Å². The van der Waals surface area contributed by atoms with Crippen LogP contribution in [0, 0.1) is 11.3 Å². The monoisotopic (exact) mass is 316 g/mol. The highest BCUT2D eigenvalue weighted by Crippen LogP contribution is 2.36. The first-order chi connectivity index (χ1) is 10.9. The van der Waals surface area contributed by atoms with Gasteiger partial charge in [0.1, 0.15) is 17.6 Å². The molecule has 5 nitrogen and oxygen atoms in total. The lowest BCUT2D eigenvalue weighted by molar-refractivity contribution is -0.112. The highest BCUT2D eigenvalue weighted by molar-refractivity contribution is 5.39. The minimum atomic E-state index is -0.121. The Bertz CT molecular complexity index is 566. The van der Waals surface area contributed by atoms with Crippen molar-refractivity contribution in [2.24, 2.45) is 0 Å². The molecule has 0 aromatic carbocycles. The SMILES string of the molecule is CCCN(C)C1(CNc2cccc(C#N)n2)CCOC(C)(C)C1. The van der Waals surface area contributed by atoms with Gasteiger partial charge in [-0.15, -0.1) is 0 Å². The minimum Gasteiger partial charge on any atom is -0.375 e. The summed E-state index contributed by atoms with van der Waals surface area (Å²) < 4.78 is 5.92. The van der Waals surface area contributed by atoms with Crippen molar-refractivity contribution in [1.29, 1.82) is 5.26 Å². The van der Waals surface area contributed by atoms with Gasteiger partial charge in [0.15, 0.2) is 0 Å². The van der Waals surface area contributed by atoms with E-state index in [-0.39, 0.29) is 11.1 Å². The first-order valence-corrected chi connectivity index (χ1v) is 8.37. The van der Waals surface area contributed by atoms with Crippen molar-refractivity contribution >= 4 is 5.82 Å². The molecule has 1 saturated heterocycles. The maximum absolute atomic E-state index is 8.99. The smallest absolute Gasteiger partial charge is 0.142 e. The largest absolute Gasteiger partial charge is 0.375 e. The van der Waals surface area contributed by atoms with E-state index in [1.165, 1.54) is 0 Å². The number of ether oxygens (including phenoxy) is 1. The van der Waals surface area contributed by atoms with Crippen molar-refractivity contribution in [3.8, 4) is 6.07 Å². The van der Waals surface area contributed by atoms with Gasteiger partial charge in [-0.25, -0.2) is 4.98 Å². The maximum atomic E-state index is 8.99. The Morgan fingerprint density at radius 3 is 2.87 bits per heavy atom. The van der Waals surface area contributed by atoms with Gasteiger partial charge >= 0.3 is 0 Å². The van der Waals surface area contributed by atoms with Crippen LogP contribution in [-0.2, 0) is 4.74 Å². The number of aromatic nitrogens is 1. The van der Waals surface area contributed by atoms with Crippen LogP contribution < -0.4 is 5.32 Å². The van der Waals surface area contributed by atoms with Gasteiger partial charge in [0.2, 0.25) is 0 Å². The molecule has 1 aliphatic rings. The third-order valence-corrected chi connectivity index (χ3v) is 4.65. The number of rotatable bonds is 6. The normalized spacial score (nSPS) is 23.5. The molecule has 126 valence electrons. The summed E-state index contributed by atoms with van der Waals surface area (Å²) in [7, 11) is 2.20. The average Bonchev–Trinajstić information content (AvgIpc) is 2.52. The predicted octanol–water partition coefficient (Wildman–Crippen LogP) is 3.03. The van der Waals surface area contributed by atoms with Gasteiger partial charge in [-0.05, 0) is 58.8 Å². The molecule has 0 spiro atoms. The fraction of sp³-hybridized carbons (Fsp3) is 0.667. The zero-order valence-electron chi connectivity index (χ0n) is 14.7. The molecular formula is C18H28N4O. The summed E-state index contributed by atoms with van der Waals surface area (Å²) in [6.07, 6.45) is 3.10. The van der Waals surface area contributed by atoms with Crippen LogP contribution >= 0.6 is 0 Å². The second-order valence-corrected chi connectivity index (χ2v) is 7.05. The Morgan fingerprint density at radius 1 is 1.43 bits per heavy atom. The van der Waals surface area contributed by atoms with Crippen molar-refractivity contribution in [1.82, 2.24) is 9.88 Å². The molecule has 1 aliphatic heterocycles. The van der Waals surface area contributed by atoms with Crippen molar-refractivity contribution < 1.29 is 4.74 Å². The predicted molar refractivity (Wildman–Crippen MR) is 92.4 cm³/mol. The van der Waals surface area contributed by atoms with Crippen LogP contribution in [-0.4, -0.2) is 47.8 Å². The highest BCUT2D eigenvalue weighted by Gasteiger charge is 2.43. The van der Waals surface area contributed by atoms with Gasteiger partial charge in [0, 0.05) is 18.7 Å². The van der Waals surface area contributed by atoms with Crippen LogP contribution in [0.5, 0.6) is 0 Å². The van der Waals surface area contributed by atoms with E-state index in [2.05, 4.69) is 49.1 Å². The Kier molecular flexibility index (Phi) is 5.61. The van der Waals surface area contributed by atoms with Crippen LogP contribution in [0.2, 0.25) is 0 Å². The van der Waals surface area contributed by atoms with E-state index in [1.54, 1.807) is 6.07 Å². The number of hydrogen-bond donors (Lipinski definition) is 1. The fourth-order valence-corrected chi connectivity index (χ4v) is 3.48. The highest BCUT2D eigenvalue weighted by atomic mass is 16.5. The Morgan fingerprint density at radius 2 is 2.22 bits per heavy atom. The molecule has 0 amide bonds. The number of nitriles is 1. The number of pyridine rings is 1. The number of anilines is 1. The Hall–Kier alpha value is -1.64. The Labute approximate surface area is 139 Å². The lowest BCUT2D eigenvalue weighted by Crippen LogP contribution is -2.59. The van der Waals surface area contributed by atoms with Crippen molar-refractivity contribution in [3.63, 3.8) is 0 Å². The zero-order chi connectivity index (χ0) is 16.9. The topological polar surface area (TPSA) is 61.2 Å². The number of hydrogen-bond acceptors (Lipinski definition) is 5. The number of likely N-dealkylation sites (N-methyl/N-ethyl adjacent to an activating group) is 1. The van der Waals surface area contributed by atoms with Crippen LogP contribution in [0.3, 0.4) is 0 Å². The third kappa shape index (κ3) is 4.43. The molecular weight excluding hydrogens is 288 g/mol. The van der Waals surface area contributed by atoms with Crippen molar-refractivity contribution in [3.05, 3.63) is 23.9 Å². The molecule has 0 saturated carbocycles. The van der Waals surface area contributed by atoms with Gasteiger partial charge in [0.25, 0.3) is 0 Å². The molecule has 5 heteroatoms. The van der Waals surface area contributed by atoms with Gasteiger partial charge in [-0.3, -0.25) is 4.90 Å². The average molecular weight is 316 g/mol. The standard InChI is InChI=1S/C18H28N4O/c1-5-10-22(4)18(9-11-23-17(2,3)13-18)14-20-16-8-6-7-15(12-19)21-16/h6-8H,5,9-11,13-14H2,1-4H3,(H,20,21). The van der Waals surface area contributed by atoms with E-state index in [4.69, 9.17) is 10.00 Å². The van der Waals surface area contributed by atoms with Crippen LogP contribution in [0.25, 0.3) is 0 Å². The summed E-state index contributed by atoms with van der Waals surface area (Å²) in [5.41, 5.74) is 0.365. The summed E-state index contributed by atoms with van der Waals surface area (Å²) in [6.45, 7) is 9.17. The van der Waals surface area contributed by atoms with Crippen molar-refractivity contribution in [2.45, 2.75) is 51.2 Å². The molecule has 0 radical (unpaired) electrons. The third-order valence-electron chi connectivity index (χ3n) is 4.65. The second kappa shape index (κ2) is 7.29. The summed E-state index contributed by atoms with van der Waals surface area (Å²) in [6, 6.07) is 7.59. The first-order valence-electron chi connectivity index (χ1n) is 8.37. The molecule has 1 fully saturated rings. The fourth-order valence-electron chi connectivity index (χ4n) is 3.48. The molecule has 0 aliphatic carbocycles. The summed E-state index contributed by atoms with van der Waals surface area (Å²) in [5, 5.41) is 12.4. The summed E-state index contributed by atoms with van der Waals surface area (Å²) >= 11 is 0. The molecule has 0 bridgehead atoms. The zero-order valence-corrected chi connectivity index (χ0v) is 14.7. The molecule has 1 N–H and O–H groups in total. The Balaban J connectivity index is 2.16. The van der Waals surface area contributed by atoms with Gasteiger partial charge in [-0.1, -0.05) is 13.0 Å². The molecule has 1 aromatic heterocycles. The molecule has 2 rings (SSSR count). The molecule has 23 heavy (non-hydrogen) atoms. The van der Waals surface area contributed by atoms with E-state index in [1.807, 2.05) is 12.1 Å². The molecule has 2 heterocycles. The lowest BCUT2D eigenvalue weighted by Gasteiger charge is -2.50. The van der Waals surface area contributed by atoms with Gasteiger partial charge in [-0.2, -0.15) is 5.26 Å². The van der Waals surface area contributed by atoms with E-state index >= 15 is 0 Å². The maximum Gasteiger partial charge on any atom is 0.142 e. The lowest BCUT2D eigenvalue weighted by atomic mass is 9.79. The van der Waals surface area contributed by atoms with E-state index < -0.39 is 0 Å². The van der Waals surface area contributed by atoms with Gasteiger partial charge in [0.05, 0.1) is 5.60 Å². The molecule has 1 aromatic rings. The van der Waals surface area contributed by atoms with Crippen molar-refractivity contribution in [2.75, 3.05) is 32.1 Å². The number of nitrogens with one attached hydrogen (secondary N) is 1. The second-order valence-electron chi connectivity index (χ2n) is 7.05. The van der Waals surface area contributed by atoms with Gasteiger partial charge < -0.3 is 10.1 Å². The van der Waals surface area contributed by atoms with Crippen LogP contribution in [0.1, 0.15) is 45.7 Å². The van der Waals surface area contributed by atoms with E-state index in [9.17, 15) is 0 Å². The minimum absolute atomic E-state index is 0.0437. The molecule has 1 unspecified atom stereocenters.